The zero-order valence-corrected chi connectivity index (χ0v) is 51.5. The van der Waals surface area contributed by atoms with E-state index in [0.29, 0.717) is 5.82 Å². The van der Waals surface area contributed by atoms with Gasteiger partial charge < -0.3 is 9.80 Å². The molecular weight excluding hydrogens is 980 g/mol. The first-order chi connectivity index (χ1) is 37.9. The molecule has 9 aromatic carbocycles. The molecule has 0 amide bonds. The van der Waals surface area contributed by atoms with Crippen LogP contribution in [0.25, 0.3) is 55.1 Å². The van der Waals surface area contributed by atoms with Crippen LogP contribution >= 0.6 is 0 Å². The second kappa shape index (κ2) is 18.5. The molecule has 0 atom stereocenters. The van der Waals surface area contributed by atoms with Gasteiger partial charge in [0.15, 0.2) is 5.82 Å². The molecule has 0 unspecified atom stereocenters. The van der Waals surface area contributed by atoms with Crippen molar-refractivity contribution in [1.29, 1.82) is 0 Å². The summed E-state index contributed by atoms with van der Waals surface area (Å²) >= 11 is 0. The summed E-state index contributed by atoms with van der Waals surface area (Å²) in [5.74, 6) is 0.697. The molecule has 4 nitrogen and oxygen atoms in total. The van der Waals surface area contributed by atoms with E-state index < -0.39 is 0 Å². The van der Waals surface area contributed by atoms with Gasteiger partial charge in [-0.15, -0.1) is 0 Å². The summed E-state index contributed by atoms with van der Waals surface area (Å²) < 4.78 is 0. The molecule has 10 aromatic rings. The van der Waals surface area contributed by atoms with Crippen molar-refractivity contribution in [3.05, 3.63) is 197 Å². The zero-order valence-electron chi connectivity index (χ0n) is 51.5. The number of hydrogen-bond acceptors (Lipinski definition) is 4. The molecule has 2 aliphatic heterocycles. The zero-order chi connectivity index (χ0) is 57.7. The molecule has 0 saturated carbocycles. The maximum absolute atomic E-state index is 5.87. The molecule has 0 N–H and O–H groups in total. The highest BCUT2D eigenvalue weighted by atomic mass is 15.2. The van der Waals surface area contributed by atoms with Crippen molar-refractivity contribution in [1.82, 2.24) is 9.97 Å². The van der Waals surface area contributed by atoms with Crippen LogP contribution in [-0.2, 0) is 32.5 Å². The molecule has 0 bridgehead atoms. The minimum atomic E-state index is -0.122. The van der Waals surface area contributed by atoms with E-state index in [1.807, 2.05) is 0 Å². The Bertz CT molecular complexity index is 3910. The summed E-state index contributed by atoms with van der Waals surface area (Å²) in [6, 6.07) is 63.1. The Morgan fingerprint density at radius 1 is 0.333 bits per heavy atom. The van der Waals surface area contributed by atoms with Crippen molar-refractivity contribution >= 4 is 89.7 Å². The Morgan fingerprint density at radius 3 is 1.09 bits per heavy atom. The number of aromatic nitrogens is 2. The van der Waals surface area contributed by atoms with Gasteiger partial charge in [-0.2, -0.15) is 0 Å². The van der Waals surface area contributed by atoms with Crippen LogP contribution in [0.1, 0.15) is 158 Å². The number of rotatable bonds is 4. The molecule has 2 aliphatic rings. The van der Waals surface area contributed by atoms with Gasteiger partial charge in [0.1, 0.15) is 0 Å². The number of nitrogens with zero attached hydrogens (tertiary/aromatic N) is 4. The van der Waals surface area contributed by atoms with Gasteiger partial charge in [0.25, 0.3) is 6.71 Å². The van der Waals surface area contributed by atoms with Gasteiger partial charge >= 0.3 is 0 Å². The van der Waals surface area contributed by atoms with Crippen LogP contribution in [0.4, 0.5) is 34.1 Å². The summed E-state index contributed by atoms with van der Waals surface area (Å²) in [6.07, 6.45) is 0. The first-order valence-corrected chi connectivity index (χ1v) is 29.5. The molecular formula is C76H81BN4. The summed E-state index contributed by atoms with van der Waals surface area (Å²) in [7, 11) is 0. The van der Waals surface area contributed by atoms with Crippen molar-refractivity contribution in [2.75, 3.05) is 9.80 Å². The monoisotopic (exact) mass is 1060 g/mol. The average Bonchev–Trinajstić information content (AvgIpc) is 3.40. The SMILES string of the molecule is CC(C)(C)c1cc(-c2nc(-c3cc4c5c(c3)N(c3cc(C(C)(C)C)cc(C(C)(C)C)c3)c3c(ccc6ccccc36)B5c3ccc5ccccc5c3N4c3cc(C(C)(C)C)cc(C(C)(C)C)c3)nc3ccccc23)cc(C(C)(C)C)c1. The van der Waals surface area contributed by atoms with Gasteiger partial charge in [0.2, 0.25) is 0 Å². The highest BCUT2D eigenvalue weighted by Crippen LogP contribution is 2.51. The standard InChI is InChI=1S/C76H81BN4/c1-71(2,3)50-35-48(36-51(39-50)72(4,5)6)67-60-29-23-24-30-63(60)78-70(79-67)49-37-64-66-65(38-49)81(57-44-54(75(13,14)15)41-55(45-57)76(16,17)18)69-59-28-22-20-26-47(59)32-34-62(69)77(66)61-33-31-46-25-19-21-27-58(46)68(61)80(64)56-42-52(73(7,8)9)40-53(43-56)74(10,11)12/h19-45H,1-18H3. The number of hydrogen-bond donors (Lipinski definition) is 0. The molecule has 12 rings (SSSR count). The third-order valence-electron chi connectivity index (χ3n) is 17.5. The van der Waals surface area contributed by atoms with E-state index in [2.05, 4.69) is 298 Å². The van der Waals surface area contributed by atoms with E-state index in [4.69, 9.17) is 9.97 Å². The Morgan fingerprint density at radius 2 is 0.691 bits per heavy atom. The molecule has 0 fully saturated rings. The van der Waals surface area contributed by atoms with Crippen molar-refractivity contribution < 1.29 is 0 Å². The van der Waals surface area contributed by atoms with Crippen LogP contribution in [0, 0.1) is 0 Å². The predicted molar refractivity (Wildman–Crippen MR) is 352 cm³/mol. The summed E-state index contributed by atoms with van der Waals surface area (Å²) in [4.78, 5) is 16.8. The Kier molecular flexibility index (Phi) is 12.4. The molecule has 0 saturated heterocycles. The predicted octanol–water partition coefficient (Wildman–Crippen LogP) is 19.1. The van der Waals surface area contributed by atoms with Gasteiger partial charge in [0, 0.05) is 61.4 Å². The molecule has 1 aromatic heterocycles. The maximum atomic E-state index is 5.87. The highest BCUT2D eigenvalue weighted by Gasteiger charge is 2.46. The van der Waals surface area contributed by atoms with Gasteiger partial charge in [-0.3, -0.25) is 0 Å². The van der Waals surface area contributed by atoms with Gasteiger partial charge in [-0.25, -0.2) is 9.97 Å². The van der Waals surface area contributed by atoms with Crippen LogP contribution in [0.5, 0.6) is 0 Å². The van der Waals surface area contributed by atoms with E-state index >= 15 is 0 Å². The number of para-hydroxylation sites is 1. The van der Waals surface area contributed by atoms with Crippen LogP contribution in [-0.4, -0.2) is 16.7 Å². The van der Waals surface area contributed by atoms with Crippen molar-refractivity contribution in [3.63, 3.8) is 0 Å². The molecule has 0 spiro atoms. The topological polar surface area (TPSA) is 32.3 Å². The van der Waals surface area contributed by atoms with E-state index in [-0.39, 0.29) is 39.2 Å². The van der Waals surface area contributed by atoms with Gasteiger partial charge in [-0.1, -0.05) is 234 Å². The second-order valence-corrected chi connectivity index (χ2v) is 29.7. The molecule has 81 heavy (non-hydrogen) atoms. The van der Waals surface area contributed by atoms with Crippen molar-refractivity contribution in [2.24, 2.45) is 0 Å². The number of benzene rings is 9. The maximum Gasteiger partial charge on any atom is 0.252 e. The van der Waals surface area contributed by atoms with E-state index in [1.165, 1.54) is 82.7 Å². The average molecular weight is 1060 g/mol. The minimum absolute atomic E-state index is 0.0818. The fourth-order valence-electron chi connectivity index (χ4n) is 12.5. The lowest BCUT2D eigenvalue weighted by Crippen LogP contribution is -2.61. The lowest BCUT2D eigenvalue weighted by molar-refractivity contribution is 0.568. The van der Waals surface area contributed by atoms with Crippen LogP contribution in [0.2, 0.25) is 0 Å². The first kappa shape index (κ1) is 54.1. The van der Waals surface area contributed by atoms with Gasteiger partial charge in [0.05, 0.1) is 11.2 Å². The quantitative estimate of drug-likeness (QED) is 0.164. The third-order valence-corrected chi connectivity index (χ3v) is 17.5. The molecule has 408 valence electrons. The lowest BCUT2D eigenvalue weighted by atomic mass is 9.33. The first-order valence-electron chi connectivity index (χ1n) is 29.5. The summed E-state index contributed by atoms with van der Waals surface area (Å²) in [5.41, 5.74) is 22.0. The summed E-state index contributed by atoms with van der Waals surface area (Å²) in [6.45, 7) is 42.0. The van der Waals surface area contributed by atoms with Crippen LogP contribution < -0.4 is 26.2 Å². The van der Waals surface area contributed by atoms with E-state index in [9.17, 15) is 0 Å². The summed E-state index contributed by atoms with van der Waals surface area (Å²) in [5, 5.41) is 5.91. The van der Waals surface area contributed by atoms with Gasteiger partial charge in [-0.05, 0) is 148 Å². The minimum Gasteiger partial charge on any atom is -0.311 e. The molecule has 0 aliphatic carbocycles. The highest BCUT2D eigenvalue weighted by molar-refractivity contribution is 7.00. The molecule has 5 heteroatoms. The lowest BCUT2D eigenvalue weighted by Gasteiger charge is -2.45. The molecule has 0 radical (unpaired) electrons. The fraction of sp³-hybridized carbons (Fsp3) is 0.316. The Hall–Kier alpha value is -7.50. The van der Waals surface area contributed by atoms with Crippen LogP contribution in [0.15, 0.2) is 164 Å². The fourth-order valence-corrected chi connectivity index (χ4v) is 12.5. The normalized spacial score (nSPS) is 14.0. The number of anilines is 6. The Labute approximate surface area is 483 Å². The molecule has 3 heterocycles. The van der Waals surface area contributed by atoms with Crippen LogP contribution in [0.3, 0.4) is 0 Å². The number of fused-ring (bicyclic) bond motifs is 9. The largest absolute Gasteiger partial charge is 0.311 e. The third kappa shape index (κ3) is 9.43. The van der Waals surface area contributed by atoms with Crippen molar-refractivity contribution in [3.8, 4) is 22.6 Å². The Balaban J connectivity index is 1.28. The van der Waals surface area contributed by atoms with E-state index in [1.54, 1.807) is 0 Å². The second-order valence-electron chi connectivity index (χ2n) is 29.7. The van der Waals surface area contributed by atoms with Crippen molar-refractivity contribution in [2.45, 2.75) is 157 Å². The van der Waals surface area contributed by atoms with E-state index in [0.717, 1.165) is 50.5 Å². The smallest absolute Gasteiger partial charge is 0.252 e.